The fraction of sp³-hybridized carbons (Fsp3) is 0.222. The molecule has 1 saturated heterocycles. The lowest BCUT2D eigenvalue weighted by molar-refractivity contribution is -0.304. The maximum Gasteiger partial charge on any atom is 0.208 e. The Labute approximate surface area is 139 Å². The van der Waals surface area contributed by atoms with E-state index in [2.05, 4.69) is 34.6 Å². The zero-order valence-corrected chi connectivity index (χ0v) is 13.2. The van der Waals surface area contributed by atoms with Crippen LogP contribution in [0.3, 0.4) is 0 Å². The number of benzene rings is 2. The minimum atomic E-state index is -0.566. The molecule has 0 unspecified atom stereocenters. The Morgan fingerprint density at radius 3 is 2.54 bits per heavy atom. The first-order chi connectivity index (χ1) is 11.8. The van der Waals surface area contributed by atoms with Crippen molar-refractivity contribution < 1.29 is 14.2 Å². The van der Waals surface area contributed by atoms with Gasteiger partial charge in [-0.2, -0.15) is 0 Å². The van der Waals surface area contributed by atoms with Crippen LogP contribution in [-0.4, -0.2) is 23.8 Å². The summed E-state index contributed by atoms with van der Waals surface area (Å²) in [5.74, 6) is 0.701. The van der Waals surface area contributed by atoms with Crippen LogP contribution in [0.5, 0.6) is 0 Å². The third kappa shape index (κ3) is 2.94. The van der Waals surface area contributed by atoms with Crippen molar-refractivity contribution in [3.8, 4) is 0 Å². The molecule has 0 bridgehead atoms. The highest BCUT2D eigenvalue weighted by Gasteiger charge is 2.22. The molecular formula is C18H17N3O3. The van der Waals surface area contributed by atoms with E-state index in [1.807, 2.05) is 36.4 Å². The van der Waals surface area contributed by atoms with E-state index in [1.54, 1.807) is 0 Å². The predicted octanol–water partition coefficient (Wildman–Crippen LogP) is 3.66. The summed E-state index contributed by atoms with van der Waals surface area (Å²) >= 11 is 0. The van der Waals surface area contributed by atoms with Gasteiger partial charge in [0.2, 0.25) is 6.29 Å². The van der Waals surface area contributed by atoms with E-state index in [-0.39, 0.29) is 13.6 Å². The molecule has 1 aliphatic heterocycles. The predicted molar refractivity (Wildman–Crippen MR) is 89.7 cm³/mol. The molecule has 6 heteroatoms. The fourth-order valence-electron chi connectivity index (χ4n) is 2.71. The summed E-state index contributed by atoms with van der Waals surface area (Å²) in [6.07, 6.45) is -0.566. The molecule has 6 nitrogen and oxygen atoms in total. The first-order valence-corrected chi connectivity index (χ1v) is 7.71. The van der Waals surface area contributed by atoms with Gasteiger partial charge >= 0.3 is 0 Å². The molecule has 4 rings (SSSR count). The van der Waals surface area contributed by atoms with E-state index >= 15 is 0 Å². The van der Waals surface area contributed by atoms with Crippen molar-refractivity contribution in [1.29, 1.82) is 0 Å². The third-order valence-corrected chi connectivity index (χ3v) is 3.83. The van der Waals surface area contributed by atoms with Crippen LogP contribution in [0.15, 0.2) is 48.5 Å². The van der Waals surface area contributed by atoms with Crippen molar-refractivity contribution in [2.75, 3.05) is 18.9 Å². The molecule has 0 spiro atoms. The molecule has 0 aliphatic carbocycles. The Morgan fingerprint density at radius 1 is 0.958 bits per heavy atom. The van der Waals surface area contributed by atoms with Gasteiger partial charge in [-0.3, -0.25) is 0 Å². The first-order valence-electron chi connectivity index (χ1n) is 7.71. The van der Waals surface area contributed by atoms with Crippen LogP contribution in [-0.2, 0) is 14.2 Å². The Morgan fingerprint density at radius 2 is 1.75 bits per heavy atom. The molecule has 122 valence electrons. The van der Waals surface area contributed by atoms with E-state index in [9.17, 15) is 0 Å². The Kier molecular flexibility index (Phi) is 4.08. The number of anilines is 2. The first kappa shape index (κ1) is 15.0. The molecular weight excluding hydrogens is 306 g/mol. The number of aryl methyl sites for hydroxylation is 1. The Hall–Kier alpha value is -2.54. The van der Waals surface area contributed by atoms with Crippen molar-refractivity contribution in [3.63, 3.8) is 0 Å². The van der Waals surface area contributed by atoms with Crippen molar-refractivity contribution in [2.45, 2.75) is 13.2 Å². The average molecular weight is 323 g/mol. The van der Waals surface area contributed by atoms with Gasteiger partial charge in [-0.1, -0.05) is 36.4 Å². The second-order valence-electron chi connectivity index (χ2n) is 5.58. The SMILES string of the molecule is Cc1cccc(Nc2nnc(C3OCOCO3)c3ccccc23)c1. The highest BCUT2D eigenvalue weighted by atomic mass is 16.8. The number of hydrogen-bond acceptors (Lipinski definition) is 6. The van der Waals surface area contributed by atoms with Gasteiger partial charge in [0.25, 0.3) is 0 Å². The van der Waals surface area contributed by atoms with Gasteiger partial charge < -0.3 is 19.5 Å². The Balaban J connectivity index is 1.75. The molecule has 0 atom stereocenters. The van der Waals surface area contributed by atoms with Crippen LogP contribution < -0.4 is 5.32 Å². The summed E-state index contributed by atoms with van der Waals surface area (Å²) in [6, 6.07) is 16.1. The van der Waals surface area contributed by atoms with Gasteiger partial charge in [0.15, 0.2) is 19.4 Å². The molecule has 0 radical (unpaired) electrons. The second-order valence-corrected chi connectivity index (χ2v) is 5.58. The Bertz CT molecular complexity index is 863. The van der Waals surface area contributed by atoms with Crippen LogP contribution in [0.1, 0.15) is 17.5 Å². The molecule has 1 aromatic heterocycles. The molecule has 2 heterocycles. The minimum absolute atomic E-state index is 0.184. The maximum absolute atomic E-state index is 5.48. The smallest absolute Gasteiger partial charge is 0.208 e. The molecule has 1 aliphatic rings. The van der Waals surface area contributed by atoms with Crippen LogP contribution in [0.4, 0.5) is 11.5 Å². The van der Waals surface area contributed by atoms with Crippen molar-refractivity contribution in [2.24, 2.45) is 0 Å². The fourth-order valence-corrected chi connectivity index (χ4v) is 2.71. The molecule has 0 amide bonds. The number of aromatic nitrogens is 2. The quantitative estimate of drug-likeness (QED) is 0.793. The number of nitrogens with one attached hydrogen (secondary N) is 1. The highest BCUT2D eigenvalue weighted by molar-refractivity contribution is 5.94. The summed E-state index contributed by atoms with van der Waals surface area (Å²) in [6.45, 7) is 2.42. The zero-order chi connectivity index (χ0) is 16.4. The highest BCUT2D eigenvalue weighted by Crippen LogP contribution is 2.31. The molecule has 0 saturated carbocycles. The summed E-state index contributed by atoms with van der Waals surface area (Å²) in [5, 5.41) is 13.9. The topological polar surface area (TPSA) is 65.5 Å². The van der Waals surface area contributed by atoms with E-state index in [0.717, 1.165) is 16.5 Å². The lowest BCUT2D eigenvalue weighted by Gasteiger charge is -2.23. The van der Waals surface area contributed by atoms with Gasteiger partial charge in [-0.15, -0.1) is 10.2 Å². The van der Waals surface area contributed by atoms with Gasteiger partial charge in [0, 0.05) is 16.5 Å². The van der Waals surface area contributed by atoms with E-state index in [1.165, 1.54) is 5.56 Å². The number of fused-ring (bicyclic) bond motifs is 1. The van der Waals surface area contributed by atoms with Crippen molar-refractivity contribution in [1.82, 2.24) is 10.2 Å². The van der Waals surface area contributed by atoms with Crippen LogP contribution in [0.25, 0.3) is 10.8 Å². The largest absolute Gasteiger partial charge is 0.338 e. The van der Waals surface area contributed by atoms with Crippen molar-refractivity contribution >= 4 is 22.3 Å². The maximum atomic E-state index is 5.48. The normalized spacial score (nSPS) is 15.5. The van der Waals surface area contributed by atoms with Gasteiger partial charge in [-0.25, -0.2) is 0 Å². The standard InChI is InChI=1S/C18H17N3O3/c1-12-5-4-6-13(9-12)19-17-15-8-3-2-7-14(15)16(20-21-17)18-23-10-22-11-24-18/h2-9,18H,10-11H2,1H3,(H,19,21). The monoisotopic (exact) mass is 323 g/mol. The average Bonchev–Trinajstić information content (AvgIpc) is 2.63. The molecule has 1 N–H and O–H groups in total. The number of rotatable bonds is 3. The summed E-state index contributed by atoms with van der Waals surface area (Å²) in [5.41, 5.74) is 2.81. The van der Waals surface area contributed by atoms with Crippen molar-refractivity contribution in [3.05, 3.63) is 59.8 Å². The number of ether oxygens (including phenoxy) is 3. The number of nitrogens with zero attached hydrogens (tertiary/aromatic N) is 2. The van der Waals surface area contributed by atoms with E-state index in [0.29, 0.717) is 11.5 Å². The lowest BCUT2D eigenvalue weighted by Crippen LogP contribution is -2.21. The van der Waals surface area contributed by atoms with Gasteiger partial charge in [0.05, 0.1) is 0 Å². The van der Waals surface area contributed by atoms with Gasteiger partial charge in [-0.05, 0) is 24.6 Å². The van der Waals surface area contributed by atoms with Crippen LogP contribution >= 0.6 is 0 Å². The molecule has 2 aromatic carbocycles. The molecule has 24 heavy (non-hydrogen) atoms. The summed E-state index contributed by atoms with van der Waals surface area (Å²) in [4.78, 5) is 0. The van der Waals surface area contributed by atoms with Crippen LogP contribution in [0.2, 0.25) is 0 Å². The summed E-state index contributed by atoms with van der Waals surface area (Å²) in [7, 11) is 0. The lowest BCUT2D eigenvalue weighted by atomic mass is 10.1. The number of hydrogen-bond donors (Lipinski definition) is 1. The molecule has 1 fully saturated rings. The second kappa shape index (κ2) is 6.52. The third-order valence-electron chi connectivity index (χ3n) is 3.83. The summed E-state index contributed by atoms with van der Waals surface area (Å²) < 4.78 is 16.0. The minimum Gasteiger partial charge on any atom is -0.338 e. The van der Waals surface area contributed by atoms with E-state index in [4.69, 9.17) is 14.2 Å². The van der Waals surface area contributed by atoms with E-state index < -0.39 is 6.29 Å². The molecule has 3 aromatic rings. The van der Waals surface area contributed by atoms with Gasteiger partial charge in [0.1, 0.15) is 5.69 Å². The van der Waals surface area contributed by atoms with Crippen LogP contribution in [0, 0.1) is 6.92 Å². The zero-order valence-electron chi connectivity index (χ0n) is 13.2.